The Kier molecular flexibility index (Phi) is 8.66. The van der Waals surface area contributed by atoms with Gasteiger partial charge in [-0.15, -0.1) is 0 Å². The van der Waals surface area contributed by atoms with Crippen LogP contribution in [0.1, 0.15) is 57.6 Å². The predicted molar refractivity (Wildman–Crippen MR) is 88.8 cm³/mol. The number of carbonyl (C=O) groups excluding carboxylic acids is 1. The minimum atomic E-state index is -1.01. The first-order valence-corrected chi connectivity index (χ1v) is 8.18. The van der Waals surface area contributed by atoms with E-state index in [-0.39, 0.29) is 18.0 Å². The van der Waals surface area contributed by atoms with Crippen molar-refractivity contribution in [1.29, 1.82) is 0 Å². The summed E-state index contributed by atoms with van der Waals surface area (Å²) in [5.74, 6) is 0.113. The van der Waals surface area contributed by atoms with Gasteiger partial charge in [-0.3, -0.25) is 4.79 Å². The smallest absolute Gasteiger partial charge is 0.163 e. The third kappa shape index (κ3) is 6.59. The molecule has 0 fully saturated rings. The van der Waals surface area contributed by atoms with E-state index in [2.05, 4.69) is 6.92 Å². The Labute approximate surface area is 138 Å². The van der Waals surface area contributed by atoms with Crippen LogP contribution in [0.15, 0.2) is 18.2 Å². The molecule has 0 aliphatic rings. The lowest BCUT2D eigenvalue weighted by Crippen LogP contribution is -2.20. The van der Waals surface area contributed by atoms with Crippen molar-refractivity contribution in [3.05, 3.63) is 23.8 Å². The number of unbranched alkanes of at least 4 members (excludes halogenated alkanes) is 3. The number of ketones is 1. The lowest BCUT2D eigenvalue weighted by Gasteiger charge is -2.19. The number of aliphatic hydroxyl groups excluding tert-OH is 1. The summed E-state index contributed by atoms with van der Waals surface area (Å²) in [7, 11) is 1.47. The van der Waals surface area contributed by atoms with Gasteiger partial charge in [0.2, 0.25) is 0 Å². The molecule has 0 saturated heterocycles. The fourth-order valence-corrected chi connectivity index (χ4v) is 2.28. The summed E-state index contributed by atoms with van der Waals surface area (Å²) in [6, 6.07) is 4.90. The molecule has 2 N–H and O–H groups in total. The van der Waals surface area contributed by atoms with E-state index in [0.717, 1.165) is 31.2 Å². The van der Waals surface area contributed by atoms with Crippen molar-refractivity contribution in [2.75, 3.05) is 13.7 Å². The zero-order valence-electron chi connectivity index (χ0n) is 14.2. The summed E-state index contributed by atoms with van der Waals surface area (Å²) in [6.07, 6.45) is 2.97. The average Bonchev–Trinajstić information content (AvgIpc) is 2.53. The highest BCUT2D eigenvalue weighted by molar-refractivity contribution is 5.83. The van der Waals surface area contributed by atoms with E-state index in [4.69, 9.17) is 9.47 Å². The Morgan fingerprint density at radius 2 is 2.00 bits per heavy atom. The van der Waals surface area contributed by atoms with E-state index in [1.165, 1.54) is 20.1 Å². The second-order valence-electron chi connectivity index (χ2n) is 5.70. The Morgan fingerprint density at radius 3 is 2.61 bits per heavy atom. The van der Waals surface area contributed by atoms with Gasteiger partial charge in [-0.2, -0.15) is 0 Å². The molecule has 0 aliphatic heterocycles. The van der Waals surface area contributed by atoms with Gasteiger partial charge in [0.1, 0.15) is 6.10 Å². The summed E-state index contributed by atoms with van der Waals surface area (Å²) in [5.41, 5.74) is 0.754. The van der Waals surface area contributed by atoms with E-state index in [1.54, 1.807) is 12.1 Å². The fourth-order valence-electron chi connectivity index (χ4n) is 2.28. The molecular formula is C18H28O5. The molecule has 0 saturated carbocycles. The molecule has 0 spiro atoms. The number of aliphatic hydroxyl groups is 1. The number of benzene rings is 1. The van der Waals surface area contributed by atoms with Crippen molar-refractivity contribution in [2.45, 2.75) is 58.2 Å². The minimum Gasteiger partial charge on any atom is -0.504 e. The highest BCUT2D eigenvalue weighted by Gasteiger charge is 2.20. The standard InChI is InChI=1S/C18H28O5/c1-4-5-6-7-10-23-17(12-16(21)13(2)19)14-8-9-15(20)18(11-14)22-3/h8-9,11,13,17,19-20H,4-7,10,12H2,1-3H3. The van der Waals surface area contributed by atoms with Crippen LogP contribution in [0, 0.1) is 0 Å². The number of phenolic OH excluding ortho intramolecular Hbond substituents is 1. The molecule has 1 aromatic carbocycles. The van der Waals surface area contributed by atoms with Gasteiger partial charge in [0.15, 0.2) is 17.3 Å². The average molecular weight is 324 g/mol. The third-order valence-corrected chi connectivity index (χ3v) is 3.75. The van der Waals surface area contributed by atoms with Crippen molar-refractivity contribution < 1.29 is 24.5 Å². The van der Waals surface area contributed by atoms with Crippen molar-refractivity contribution in [3.63, 3.8) is 0 Å². The first-order valence-electron chi connectivity index (χ1n) is 8.18. The predicted octanol–water partition coefficient (Wildman–Crippen LogP) is 3.38. The normalized spacial score (nSPS) is 13.6. The number of hydrogen-bond donors (Lipinski definition) is 2. The monoisotopic (exact) mass is 324 g/mol. The number of phenols is 1. The first-order chi connectivity index (χ1) is 11.0. The van der Waals surface area contributed by atoms with Gasteiger partial charge < -0.3 is 19.7 Å². The summed E-state index contributed by atoms with van der Waals surface area (Å²) in [4.78, 5) is 11.9. The Hall–Kier alpha value is -1.59. The molecule has 5 nitrogen and oxygen atoms in total. The van der Waals surface area contributed by atoms with Crippen LogP contribution in [0.2, 0.25) is 0 Å². The number of Topliss-reactive ketones (excluding diaryl/α,β-unsaturated/α-hetero) is 1. The molecule has 2 atom stereocenters. The molecule has 130 valence electrons. The van der Waals surface area contributed by atoms with Crippen LogP contribution in [0.25, 0.3) is 0 Å². The molecule has 0 bridgehead atoms. The number of hydrogen-bond acceptors (Lipinski definition) is 5. The van der Waals surface area contributed by atoms with Crippen LogP contribution in [0.3, 0.4) is 0 Å². The van der Waals surface area contributed by atoms with Crippen molar-refractivity contribution in [2.24, 2.45) is 0 Å². The van der Waals surface area contributed by atoms with E-state index in [9.17, 15) is 15.0 Å². The summed E-state index contributed by atoms with van der Waals surface area (Å²) in [6.45, 7) is 4.16. The first kappa shape index (κ1) is 19.5. The van der Waals surface area contributed by atoms with E-state index in [1.807, 2.05) is 0 Å². The zero-order chi connectivity index (χ0) is 17.2. The molecule has 5 heteroatoms. The Bertz CT molecular complexity index is 484. The van der Waals surface area contributed by atoms with Crippen LogP contribution < -0.4 is 4.74 Å². The number of rotatable bonds is 11. The van der Waals surface area contributed by atoms with Crippen LogP contribution in [0.4, 0.5) is 0 Å². The molecule has 1 aromatic rings. The Balaban J connectivity index is 2.79. The molecule has 1 rings (SSSR count). The number of ether oxygens (including phenoxy) is 2. The number of carbonyl (C=O) groups is 1. The maximum Gasteiger partial charge on any atom is 0.163 e. The highest BCUT2D eigenvalue weighted by atomic mass is 16.5. The minimum absolute atomic E-state index is 0.0415. The zero-order valence-corrected chi connectivity index (χ0v) is 14.2. The van der Waals surface area contributed by atoms with Gasteiger partial charge in [-0.05, 0) is 31.0 Å². The quantitative estimate of drug-likeness (QED) is 0.610. The molecule has 0 aromatic heterocycles. The van der Waals surface area contributed by atoms with Gasteiger partial charge >= 0.3 is 0 Å². The van der Waals surface area contributed by atoms with Gasteiger partial charge in [0.05, 0.1) is 13.2 Å². The maximum atomic E-state index is 11.9. The maximum absolute atomic E-state index is 11.9. The Morgan fingerprint density at radius 1 is 1.26 bits per heavy atom. The molecule has 0 radical (unpaired) electrons. The molecule has 0 aliphatic carbocycles. The largest absolute Gasteiger partial charge is 0.504 e. The van der Waals surface area contributed by atoms with Gasteiger partial charge in [-0.1, -0.05) is 32.3 Å². The van der Waals surface area contributed by atoms with Crippen LogP contribution in [0.5, 0.6) is 11.5 Å². The summed E-state index contributed by atoms with van der Waals surface area (Å²) >= 11 is 0. The second-order valence-corrected chi connectivity index (χ2v) is 5.70. The van der Waals surface area contributed by atoms with Crippen molar-refractivity contribution in [3.8, 4) is 11.5 Å². The van der Waals surface area contributed by atoms with Crippen molar-refractivity contribution in [1.82, 2.24) is 0 Å². The van der Waals surface area contributed by atoms with Crippen molar-refractivity contribution >= 4 is 5.78 Å². The molecule has 0 heterocycles. The molecular weight excluding hydrogens is 296 g/mol. The van der Waals surface area contributed by atoms with Gasteiger partial charge in [-0.25, -0.2) is 0 Å². The SMILES string of the molecule is CCCCCCOC(CC(=O)C(C)O)c1ccc(O)c(OC)c1. The number of aromatic hydroxyl groups is 1. The van der Waals surface area contributed by atoms with Gasteiger partial charge in [0.25, 0.3) is 0 Å². The molecule has 23 heavy (non-hydrogen) atoms. The van der Waals surface area contributed by atoms with Crippen LogP contribution in [-0.2, 0) is 9.53 Å². The second kappa shape index (κ2) is 10.2. The van der Waals surface area contributed by atoms with E-state index < -0.39 is 12.2 Å². The summed E-state index contributed by atoms with van der Waals surface area (Å²) in [5, 5.41) is 19.1. The molecule has 2 unspecified atom stereocenters. The van der Waals surface area contributed by atoms with Crippen LogP contribution >= 0.6 is 0 Å². The van der Waals surface area contributed by atoms with Gasteiger partial charge in [0, 0.05) is 13.0 Å². The van der Waals surface area contributed by atoms with E-state index in [0.29, 0.717) is 12.4 Å². The lowest BCUT2D eigenvalue weighted by molar-refractivity contribution is -0.129. The topological polar surface area (TPSA) is 76.0 Å². The highest BCUT2D eigenvalue weighted by Crippen LogP contribution is 2.32. The summed E-state index contributed by atoms with van der Waals surface area (Å²) < 4.78 is 11.0. The molecule has 0 amide bonds. The third-order valence-electron chi connectivity index (χ3n) is 3.75. The van der Waals surface area contributed by atoms with E-state index >= 15 is 0 Å². The fraction of sp³-hybridized carbons (Fsp3) is 0.611. The van der Waals surface area contributed by atoms with Crippen LogP contribution in [-0.4, -0.2) is 35.8 Å². The number of methoxy groups -OCH3 is 1. The lowest BCUT2D eigenvalue weighted by atomic mass is 10.0.